The molecule has 78 valence electrons. The molecule has 3 heteroatoms. The molecule has 1 fully saturated rings. The van der Waals surface area contributed by atoms with E-state index in [0.717, 1.165) is 0 Å². The highest BCUT2D eigenvalue weighted by molar-refractivity contribution is 6.77. The van der Waals surface area contributed by atoms with Gasteiger partial charge in [0.15, 0.2) is 0 Å². The molecule has 1 rings (SSSR count). The van der Waals surface area contributed by atoms with Gasteiger partial charge in [-0.3, -0.25) is 0 Å². The first-order valence-corrected chi connectivity index (χ1v) is 11.9. The van der Waals surface area contributed by atoms with Crippen LogP contribution in [0, 0.1) is 0 Å². The summed E-state index contributed by atoms with van der Waals surface area (Å²) in [6.45, 7) is 12.9. The molecule has 13 heavy (non-hydrogen) atoms. The van der Waals surface area contributed by atoms with Crippen LogP contribution in [0.4, 0.5) is 0 Å². The molecule has 1 saturated heterocycles. The van der Waals surface area contributed by atoms with Crippen molar-refractivity contribution in [2.24, 2.45) is 0 Å². The zero-order chi connectivity index (χ0) is 9.90. The summed E-state index contributed by atoms with van der Waals surface area (Å²) in [6, 6.07) is 3.12. The first-order chi connectivity index (χ1) is 5.99. The summed E-state index contributed by atoms with van der Waals surface area (Å²) in [6.07, 6.45) is 2.93. The predicted octanol–water partition coefficient (Wildman–Crippen LogP) is 2.77. The van der Waals surface area contributed by atoms with Crippen molar-refractivity contribution in [2.75, 3.05) is 13.1 Å². The van der Waals surface area contributed by atoms with E-state index < -0.39 is 17.0 Å². The van der Waals surface area contributed by atoms with Crippen molar-refractivity contribution < 1.29 is 0 Å². The fourth-order valence-electron chi connectivity index (χ4n) is 2.01. The van der Waals surface area contributed by atoms with Gasteiger partial charge >= 0.3 is 0 Å². The van der Waals surface area contributed by atoms with Gasteiger partial charge in [0, 0.05) is 8.07 Å². The lowest BCUT2D eigenvalue weighted by molar-refractivity contribution is 0.535. The molecule has 1 nitrogen and oxygen atoms in total. The Labute approximate surface area is 86.2 Å². The molecule has 1 unspecified atom stereocenters. The van der Waals surface area contributed by atoms with Gasteiger partial charge in [-0.1, -0.05) is 32.2 Å². The third kappa shape index (κ3) is 4.43. The van der Waals surface area contributed by atoms with Crippen molar-refractivity contribution in [3.63, 3.8) is 0 Å². The predicted molar refractivity (Wildman–Crippen MR) is 66.8 cm³/mol. The molecule has 0 aromatic heterocycles. The molecule has 1 atom stereocenters. The topological polar surface area (TPSA) is 3.24 Å². The Kier molecular flexibility index (Phi) is 4.20. The van der Waals surface area contributed by atoms with Crippen molar-refractivity contribution >= 4 is 17.0 Å². The number of rotatable bonds is 4. The largest absolute Gasteiger partial charge is 0.326 e. The molecule has 0 bridgehead atoms. The highest BCUT2D eigenvalue weighted by Gasteiger charge is 2.21. The van der Waals surface area contributed by atoms with Gasteiger partial charge in [-0.25, -0.2) is 0 Å². The van der Waals surface area contributed by atoms with Gasteiger partial charge in [0.2, 0.25) is 0 Å². The molecule has 1 heterocycles. The van der Waals surface area contributed by atoms with Crippen LogP contribution in [0.2, 0.25) is 38.3 Å². The Bertz CT molecular complexity index is 147. The van der Waals surface area contributed by atoms with E-state index in [0.29, 0.717) is 0 Å². The Hall–Kier alpha value is 0.394. The highest BCUT2D eigenvalue weighted by atomic mass is 28.3. The molecule has 0 aliphatic carbocycles. The summed E-state index contributed by atoms with van der Waals surface area (Å²) in [4.78, 5) is 0. The van der Waals surface area contributed by atoms with E-state index in [2.05, 4.69) is 30.8 Å². The minimum absolute atomic E-state index is 0.486. The molecular formula is C10H25NSi2. The van der Waals surface area contributed by atoms with Crippen LogP contribution in [0.15, 0.2) is 0 Å². The Morgan fingerprint density at radius 1 is 1.15 bits per heavy atom. The second-order valence-electron chi connectivity index (χ2n) is 5.69. The molecule has 0 radical (unpaired) electrons. The average molecular weight is 215 g/mol. The van der Waals surface area contributed by atoms with Gasteiger partial charge < -0.3 is 4.57 Å². The molecule has 0 amide bonds. The summed E-state index contributed by atoms with van der Waals surface area (Å²) in [7, 11) is -1.25. The third-order valence-corrected chi connectivity index (χ3v) is 8.33. The third-order valence-electron chi connectivity index (χ3n) is 3.08. The fourth-order valence-corrected chi connectivity index (χ4v) is 8.75. The summed E-state index contributed by atoms with van der Waals surface area (Å²) >= 11 is 0. The minimum Gasteiger partial charge on any atom is -0.326 e. The van der Waals surface area contributed by atoms with Gasteiger partial charge in [0.05, 0.1) is 0 Å². The summed E-state index contributed by atoms with van der Waals surface area (Å²) in [5.74, 6) is 0. The van der Waals surface area contributed by atoms with Crippen LogP contribution >= 0.6 is 0 Å². The van der Waals surface area contributed by atoms with Crippen LogP contribution in [-0.2, 0) is 0 Å². The molecule has 0 N–H and O–H groups in total. The van der Waals surface area contributed by atoms with Crippen molar-refractivity contribution in [2.45, 2.75) is 51.1 Å². The lowest BCUT2D eigenvalue weighted by atomic mass is 10.4. The van der Waals surface area contributed by atoms with Crippen LogP contribution < -0.4 is 0 Å². The van der Waals surface area contributed by atoms with E-state index in [1.165, 1.54) is 25.9 Å². The summed E-state index contributed by atoms with van der Waals surface area (Å²) < 4.78 is 2.81. The quantitative estimate of drug-likeness (QED) is 0.652. The summed E-state index contributed by atoms with van der Waals surface area (Å²) in [5, 5.41) is 0. The van der Waals surface area contributed by atoms with E-state index >= 15 is 0 Å². The van der Waals surface area contributed by atoms with Crippen LogP contribution in [0.3, 0.4) is 0 Å². The zero-order valence-corrected chi connectivity index (χ0v) is 11.9. The van der Waals surface area contributed by atoms with Crippen LogP contribution in [-0.4, -0.2) is 34.7 Å². The van der Waals surface area contributed by atoms with E-state index in [-0.39, 0.29) is 0 Å². The maximum absolute atomic E-state index is 2.81. The van der Waals surface area contributed by atoms with Crippen LogP contribution in [0.5, 0.6) is 0 Å². The van der Waals surface area contributed by atoms with Gasteiger partial charge in [0.1, 0.15) is 8.96 Å². The molecule has 0 aromatic rings. The van der Waals surface area contributed by atoms with Crippen molar-refractivity contribution in [3.8, 4) is 0 Å². The second-order valence-corrected chi connectivity index (χ2v) is 14.3. The number of hydrogen-bond donors (Lipinski definition) is 0. The highest BCUT2D eigenvalue weighted by Crippen LogP contribution is 2.18. The average Bonchev–Trinajstić information content (AvgIpc) is 2.50. The normalized spacial score (nSPS) is 22.2. The van der Waals surface area contributed by atoms with E-state index in [9.17, 15) is 0 Å². The SMILES string of the molecule is C[SiH](CC[Si](C)(C)C)N1CCCC1. The van der Waals surface area contributed by atoms with Gasteiger partial charge in [-0.05, 0) is 32.0 Å². The fraction of sp³-hybridized carbons (Fsp3) is 1.00. The monoisotopic (exact) mass is 215 g/mol. The van der Waals surface area contributed by atoms with Gasteiger partial charge in [0.25, 0.3) is 0 Å². The lowest BCUT2D eigenvalue weighted by Crippen LogP contribution is -2.35. The Balaban J connectivity index is 2.20. The maximum Gasteiger partial charge on any atom is 0.108 e. The molecular weight excluding hydrogens is 190 g/mol. The van der Waals surface area contributed by atoms with Crippen molar-refractivity contribution in [1.29, 1.82) is 0 Å². The van der Waals surface area contributed by atoms with Crippen LogP contribution in [0.25, 0.3) is 0 Å². The molecule has 0 spiro atoms. The molecule has 1 aliphatic rings. The van der Waals surface area contributed by atoms with Gasteiger partial charge in [-0.2, -0.15) is 0 Å². The first-order valence-electron chi connectivity index (χ1n) is 5.73. The summed E-state index contributed by atoms with van der Waals surface area (Å²) in [5.41, 5.74) is 0. The van der Waals surface area contributed by atoms with Crippen molar-refractivity contribution in [1.82, 2.24) is 4.57 Å². The standard InChI is InChI=1S/C10H25NSi2/c1-12(9-10-13(2,3)4)11-7-5-6-8-11/h12H,5-10H2,1-4H3. The minimum atomic E-state index is -0.763. The van der Waals surface area contributed by atoms with Crippen molar-refractivity contribution in [3.05, 3.63) is 0 Å². The van der Waals surface area contributed by atoms with E-state index in [1.807, 2.05) is 0 Å². The maximum atomic E-state index is 2.81. The number of hydrogen-bond acceptors (Lipinski definition) is 1. The Morgan fingerprint density at radius 2 is 1.69 bits per heavy atom. The van der Waals surface area contributed by atoms with Gasteiger partial charge in [-0.15, -0.1) is 0 Å². The van der Waals surface area contributed by atoms with E-state index in [4.69, 9.17) is 0 Å². The zero-order valence-electron chi connectivity index (χ0n) is 9.77. The lowest BCUT2D eigenvalue weighted by Gasteiger charge is -2.25. The first kappa shape index (κ1) is 11.5. The van der Waals surface area contributed by atoms with E-state index in [1.54, 1.807) is 12.1 Å². The molecule has 0 saturated carbocycles. The smallest absolute Gasteiger partial charge is 0.108 e. The van der Waals surface area contributed by atoms with Crippen LogP contribution in [0.1, 0.15) is 12.8 Å². The molecule has 1 aliphatic heterocycles. The second kappa shape index (κ2) is 4.76. The number of nitrogens with zero attached hydrogens (tertiary/aromatic N) is 1. The molecule has 0 aromatic carbocycles. The Morgan fingerprint density at radius 3 is 2.15 bits per heavy atom.